The number of aliphatic hydroxyl groups excluding tert-OH is 1. The second-order valence-electron chi connectivity index (χ2n) is 4.61. The summed E-state index contributed by atoms with van der Waals surface area (Å²) in [4.78, 5) is 2.12. The SMILES string of the molecule is CN(Cc1cccc(F)c1)[C@@H]1CCC[C@H]1O. The van der Waals surface area contributed by atoms with Gasteiger partial charge in [0.25, 0.3) is 0 Å². The van der Waals surface area contributed by atoms with Crippen LogP contribution in [0.5, 0.6) is 0 Å². The van der Waals surface area contributed by atoms with Crippen LogP contribution in [0.15, 0.2) is 24.3 Å². The van der Waals surface area contributed by atoms with E-state index in [4.69, 9.17) is 0 Å². The smallest absolute Gasteiger partial charge is 0.123 e. The first-order chi connectivity index (χ1) is 7.66. The van der Waals surface area contributed by atoms with Crippen molar-refractivity contribution in [3.8, 4) is 0 Å². The number of nitrogens with zero attached hydrogens (tertiary/aromatic N) is 1. The van der Waals surface area contributed by atoms with E-state index < -0.39 is 0 Å². The maximum absolute atomic E-state index is 13.0. The Morgan fingerprint density at radius 3 is 2.88 bits per heavy atom. The fourth-order valence-electron chi connectivity index (χ4n) is 2.48. The van der Waals surface area contributed by atoms with Crippen molar-refractivity contribution >= 4 is 0 Å². The molecule has 2 atom stereocenters. The summed E-state index contributed by atoms with van der Waals surface area (Å²) in [6.07, 6.45) is 2.78. The number of hydrogen-bond acceptors (Lipinski definition) is 2. The maximum Gasteiger partial charge on any atom is 0.123 e. The standard InChI is InChI=1S/C13H18FNO/c1-15(12-6-3-7-13(12)16)9-10-4-2-5-11(14)8-10/h2,4-5,8,12-13,16H,3,6-7,9H2,1H3/t12-,13-/m1/s1. The molecular formula is C13H18FNO. The summed E-state index contributed by atoms with van der Waals surface area (Å²) in [5.74, 6) is -0.196. The molecule has 88 valence electrons. The van der Waals surface area contributed by atoms with Crippen LogP contribution in [0.2, 0.25) is 0 Å². The van der Waals surface area contributed by atoms with Crippen molar-refractivity contribution < 1.29 is 9.50 Å². The van der Waals surface area contributed by atoms with Crippen LogP contribution in [-0.4, -0.2) is 29.2 Å². The summed E-state index contributed by atoms with van der Waals surface area (Å²) in [5.41, 5.74) is 0.960. The van der Waals surface area contributed by atoms with E-state index in [2.05, 4.69) is 4.90 Å². The van der Waals surface area contributed by atoms with Gasteiger partial charge in [-0.3, -0.25) is 4.90 Å². The van der Waals surface area contributed by atoms with Gasteiger partial charge in [-0.05, 0) is 44.0 Å². The summed E-state index contributed by atoms with van der Waals surface area (Å²) in [5, 5.41) is 9.78. The molecule has 0 amide bonds. The molecule has 0 saturated heterocycles. The third-order valence-corrected chi connectivity index (χ3v) is 3.33. The summed E-state index contributed by atoms with van der Waals surface area (Å²) in [6.45, 7) is 0.694. The molecule has 0 spiro atoms. The summed E-state index contributed by atoms with van der Waals surface area (Å²) in [7, 11) is 1.99. The van der Waals surface area contributed by atoms with Gasteiger partial charge in [0.1, 0.15) is 5.82 Å². The monoisotopic (exact) mass is 223 g/mol. The Bertz CT molecular complexity index is 356. The van der Waals surface area contributed by atoms with Crippen LogP contribution in [0, 0.1) is 5.82 Å². The molecule has 0 radical (unpaired) electrons. The van der Waals surface area contributed by atoms with Gasteiger partial charge in [0.2, 0.25) is 0 Å². The van der Waals surface area contributed by atoms with E-state index in [-0.39, 0.29) is 18.0 Å². The molecule has 1 saturated carbocycles. The lowest BCUT2D eigenvalue weighted by Gasteiger charge is -2.26. The van der Waals surface area contributed by atoms with Crippen LogP contribution in [0.4, 0.5) is 4.39 Å². The number of rotatable bonds is 3. The van der Waals surface area contributed by atoms with Crippen LogP contribution in [0.3, 0.4) is 0 Å². The second-order valence-corrected chi connectivity index (χ2v) is 4.61. The van der Waals surface area contributed by atoms with E-state index in [1.807, 2.05) is 13.1 Å². The molecule has 0 heterocycles. The number of likely N-dealkylation sites (N-methyl/N-ethyl adjacent to an activating group) is 1. The lowest BCUT2D eigenvalue weighted by Crippen LogP contribution is -2.36. The Balaban J connectivity index is 1.99. The van der Waals surface area contributed by atoms with Gasteiger partial charge in [-0.1, -0.05) is 12.1 Å². The Labute approximate surface area is 95.7 Å². The maximum atomic E-state index is 13.0. The predicted octanol–water partition coefficient (Wildman–Crippen LogP) is 2.17. The predicted molar refractivity (Wildman–Crippen MR) is 61.5 cm³/mol. The van der Waals surface area contributed by atoms with Gasteiger partial charge in [0.15, 0.2) is 0 Å². The Morgan fingerprint density at radius 2 is 2.25 bits per heavy atom. The molecule has 0 aromatic heterocycles. The summed E-state index contributed by atoms with van der Waals surface area (Å²) < 4.78 is 13.0. The zero-order valence-corrected chi connectivity index (χ0v) is 9.56. The Kier molecular flexibility index (Phi) is 3.56. The van der Waals surface area contributed by atoms with E-state index >= 15 is 0 Å². The van der Waals surface area contributed by atoms with E-state index in [1.165, 1.54) is 6.07 Å². The van der Waals surface area contributed by atoms with Crippen LogP contribution in [0.1, 0.15) is 24.8 Å². The lowest BCUT2D eigenvalue weighted by molar-refractivity contribution is 0.0824. The second kappa shape index (κ2) is 4.93. The minimum atomic E-state index is -0.224. The van der Waals surface area contributed by atoms with E-state index in [1.54, 1.807) is 12.1 Å². The molecule has 2 nitrogen and oxygen atoms in total. The van der Waals surface area contributed by atoms with E-state index in [0.717, 1.165) is 24.8 Å². The highest BCUT2D eigenvalue weighted by Crippen LogP contribution is 2.24. The van der Waals surface area contributed by atoms with E-state index in [9.17, 15) is 9.50 Å². The van der Waals surface area contributed by atoms with Crippen molar-refractivity contribution in [1.82, 2.24) is 4.90 Å². The lowest BCUT2D eigenvalue weighted by atomic mass is 10.1. The summed E-state index contributed by atoms with van der Waals surface area (Å²) in [6, 6.07) is 6.87. The van der Waals surface area contributed by atoms with Crippen LogP contribution < -0.4 is 0 Å². The number of benzene rings is 1. The normalized spacial score (nSPS) is 25.2. The van der Waals surface area contributed by atoms with Crippen molar-refractivity contribution in [2.75, 3.05) is 7.05 Å². The van der Waals surface area contributed by atoms with Gasteiger partial charge in [-0.2, -0.15) is 0 Å². The molecule has 16 heavy (non-hydrogen) atoms. The van der Waals surface area contributed by atoms with Gasteiger partial charge in [-0.25, -0.2) is 4.39 Å². The third-order valence-electron chi connectivity index (χ3n) is 3.33. The molecule has 0 aliphatic heterocycles. The molecule has 1 N–H and O–H groups in total. The van der Waals surface area contributed by atoms with Gasteiger partial charge in [0.05, 0.1) is 6.10 Å². The topological polar surface area (TPSA) is 23.5 Å². The number of aliphatic hydroxyl groups is 1. The first kappa shape index (κ1) is 11.6. The molecular weight excluding hydrogens is 205 g/mol. The molecule has 1 aliphatic carbocycles. The van der Waals surface area contributed by atoms with Gasteiger partial charge >= 0.3 is 0 Å². The number of hydrogen-bond donors (Lipinski definition) is 1. The van der Waals surface area contributed by atoms with Crippen molar-refractivity contribution in [1.29, 1.82) is 0 Å². The zero-order valence-electron chi connectivity index (χ0n) is 9.56. The Hall–Kier alpha value is -0.930. The highest BCUT2D eigenvalue weighted by molar-refractivity contribution is 5.16. The van der Waals surface area contributed by atoms with E-state index in [0.29, 0.717) is 6.54 Å². The highest BCUT2D eigenvalue weighted by atomic mass is 19.1. The van der Waals surface area contributed by atoms with Crippen molar-refractivity contribution in [2.45, 2.75) is 38.0 Å². The average Bonchev–Trinajstić information content (AvgIpc) is 2.64. The average molecular weight is 223 g/mol. The van der Waals surface area contributed by atoms with Crippen molar-refractivity contribution in [3.05, 3.63) is 35.6 Å². The third kappa shape index (κ3) is 2.60. The first-order valence-electron chi connectivity index (χ1n) is 5.79. The van der Waals surface area contributed by atoms with Crippen LogP contribution in [-0.2, 0) is 6.54 Å². The molecule has 1 fully saturated rings. The molecule has 1 aromatic rings. The highest BCUT2D eigenvalue weighted by Gasteiger charge is 2.28. The fraction of sp³-hybridized carbons (Fsp3) is 0.538. The first-order valence-corrected chi connectivity index (χ1v) is 5.79. The molecule has 2 rings (SSSR count). The molecule has 1 aromatic carbocycles. The molecule has 0 unspecified atom stereocenters. The van der Waals surface area contributed by atoms with Gasteiger partial charge < -0.3 is 5.11 Å². The summed E-state index contributed by atoms with van der Waals surface area (Å²) >= 11 is 0. The van der Waals surface area contributed by atoms with Crippen molar-refractivity contribution in [3.63, 3.8) is 0 Å². The zero-order chi connectivity index (χ0) is 11.5. The van der Waals surface area contributed by atoms with Crippen molar-refractivity contribution in [2.24, 2.45) is 0 Å². The molecule has 3 heteroatoms. The van der Waals surface area contributed by atoms with Crippen LogP contribution in [0.25, 0.3) is 0 Å². The largest absolute Gasteiger partial charge is 0.391 e. The molecule has 0 bridgehead atoms. The minimum absolute atomic E-state index is 0.196. The van der Waals surface area contributed by atoms with Gasteiger partial charge in [-0.15, -0.1) is 0 Å². The molecule has 1 aliphatic rings. The number of halogens is 1. The van der Waals surface area contributed by atoms with Gasteiger partial charge in [0, 0.05) is 12.6 Å². The van der Waals surface area contributed by atoms with Crippen LogP contribution >= 0.6 is 0 Å². The fourth-order valence-corrected chi connectivity index (χ4v) is 2.48. The quantitative estimate of drug-likeness (QED) is 0.849. The Morgan fingerprint density at radius 1 is 1.44 bits per heavy atom. The minimum Gasteiger partial charge on any atom is -0.391 e.